The number of hydrazine groups is 1. The average molecular weight is 346 g/mol. The number of benzene rings is 2. The fourth-order valence-electron chi connectivity index (χ4n) is 2.45. The number of rotatable bonds is 2. The zero-order chi connectivity index (χ0) is 15.0. The summed E-state index contributed by atoms with van der Waals surface area (Å²) in [6, 6.07) is 12.7. The van der Waals surface area contributed by atoms with E-state index in [9.17, 15) is 4.39 Å². The van der Waals surface area contributed by atoms with Crippen LogP contribution in [0.3, 0.4) is 0 Å². The van der Waals surface area contributed by atoms with Crippen molar-refractivity contribution in [2.24, 2.45) is 5.84 Å². The van der Waals surface area contributed by atoms with E-state index in [4.69, 9.17) is 5.84 Å². The molecule has 1 aromatic heterocycles. The van der Waals surface area contributed by atoms with Crippen molar-refractivity contribution in [3.05, 3.63) is 58.3 Å². The van der Waals surface area contributed by atoms with Crippen molar-refractivity contribution in [3.63, 3.8) is 0 Å². The lowest BCUT2D eigenvalue weighted by Crippen LogP contribution is -2.11. The lowest BCUT2D eigenvalue weighted by Gasteiger charge is -2.15. The van der Waals surface area contributed by atoms with Crippen LogP contribution in [-0.4, -0.2) is 4.98 Å². The molecule has 0 aliphatic rings. The van der Waals surface area contributed by atoms with E-state index in [1.54, 1.807) is 6.07 Å². The quantitative estimate of drug-likeness (QED) is 0.534. The monoisotopic (exact) mass is 345 g/mol. The molecule has 5 heteroatoms. The summed E-state index contributed by atoms with van der Waals surface area (Å²) in [6.45, 7) is 1.92. The van der Waals surface area contributed by atoms with E-state index >= 15 is 0 Å². The number of nitrogens with zero attached hydrogens (tertiary/aromatic N) is 1. The molecule has 0 amide bonds. The smallest absolute Gasteiger partial charge is 0.149 e. The van der Waals surface area contributed by atoms with Gasteiger partial charge in [-0.1, -0.05) is 46.3 Å². The van der Waals surface area contributed by atoms with Gasteiger partial charge in [0.2, 0.25) is 0 Å². The first-order valence-corrected chi connectivity index (χ1v) is 7.23. The minimum absolute atomic E-state index is 0.293. The molecule has 3 rings (SSSR count). The summed E-state index contributed by atoms with van der Waals surface area (Å²) >= 11 is 3.44. The first-order chi connectivity index (χ1) is 10.1. The number of fused-ring (bicyclic) bond motifs is 1. The highest BCUT2D eigenvalue weighted by atomic mass is 79.9. The zero-order valence-electron chi connectivity index (χ0n) is 11.3. The maximum atomic E-state index is 14.2. The lowest BCUT2D eigenvalue weighted by molar-refractivity contribution is 0.636. The van der Waals surface area contributed by atoms with Gasteiger partial charge in [-0.25, -0.2) is 9.37 Å². The Labute approximate surface area is 130 Å². The summed E-state index contributed by atoms with van der Waals surface area (Å²) in [5.41, 5.74) is 6.16. The molecule has 0 spiro atoms. The fraction of sp³-hybridized carbons (Fsp3) is 0.0625. The van der Waals surface area contributed by atoms with E-state index in [0.29, 0.717) is 22.3 Å². The van der Waals surface area contributed by atoms with Gasteiger partial charge >= 0.3 is 0 Å². The molecular weight excluding hydrogens is 333 g/mol. The largest absolute Gasteiger partial charge is 0.323 e. The van der Waals surface area contributed by atoms with Gasteiger partial charge in [-0.3, -0.25) is 5.84 Å². The Hall–Kier alpha value is -1.98. The second-order valence-electron chi connectivity index (χ2n) is 4.72. The average Bonchev–Trinajstić information content (AvgIpc) is 2.51. The molecule has 1 heterocycles. The van der Waals surface area contributed by atoms with Crippen LogP contribution in [-0.2, 0) is 0 Å². The standard InChI is InChI=1S/C16H13BrFN3/c1-9-14(10-5-3-2-4-6-10)20-16-12(18)8-7-11(17)13(16)15(9)21-19/h2-8H,19H2,1H3,(H,20,21). The number of nitrogens with one attached hydrogen (secondary N) is 1. The van der Waals surface area contributed by atoms with Crippen molar-refractivity contribution in [1.82, 2.24) is 4.98 Å². The van der Waals surface area contributed by atoms with Crippen molar-refractivity contribution >= 4 is 32.5 Å². The van der Waals surface area contributed by atoms with E-state index in [1.807, 2.05) is 37.3 Å². The number of nitrogen functional groups attached to an aromatic ring is 1. The van der Waals surface area contributed by atoms with Crippen LogP contribution in [0.15, 0.2) is 46.9 Å². The molecule has 0 unspecified atom stereocenters. The van der Waals surface area contributed by atoms with Crippen LogP contribution < -0.4 is 11.3 Å². The van der Waals surface area contributed by atoms with Gasteiger partial charge in [0.1, 0.15) is 11.3 Å². The molecule has 0 saturated carbocycles. The molecule has 3 aromatic rings. The van der Waals surface area contributed by atoms with Crippen molar-refractivity contribution in [2.45, 2.75) is 6.92 Å². The molecule has 0 aliphatic heterocycles. The highest BCUT2D eigenvalue weighted by Gasteiger charge is 2.17. The van der Waals surface area contributed by atoms with Gasteiger partial charge in [-0.2, -0.15) is 0 Å². The predicted molar refractivity (Wildman–Crippen MR) is 87.4 cm³/mol. The molecule has 2 aromatic carbocycles. The number of anilines is 1. The summed E-state index contributed by atoms with van der Waals surface area (Å²) in [5, 5.41) is 0.648. The summed E-state index contributed by atoms with van der Waals surface area (Å²) in [6.07, 6.45) is 0. The van der Waals surface area contributed by atoms with Gasteiger partial charge in [-0.15, -0.1) is 0 Å². The third-order valence-electron chi connectivity index (χ3n) is 3.47. The summed E-state index contributed by atoms with van der Waals surface area (Å²) in [5.74, 6) is 5.29. The van der Waals surface area contributed by atoms with Gasteiger partial charge in [0, 0.05) is 21.0 Å². The second kappa shape index (κ2) is 5.42. The van der Waals surface area contributed by atoms with Crippen LogP contribution in [0, 0.1) is 12.7 Å². The minimum atomic E-state index is -0.373. The second-order valence-corrected chi connectivity index (χ2v) is 5.58. The number of halogens is 2. The SMILES string of the molecule is Cc1c(-c2ccccc2)nc2c(F)ccc(Br)c2c1NN. The predicted octanol–water partition coefficient (Wildman–Crippen LogP) is 4.40. The zero-order valence-corrected chi connectivity index (χ0v) is 12.9. The van der Waals surface area contributed by atoms with Gasteiger partial charge in [-0.05, 0) is 19.1 Å². The van der Waals surface area contributed by atoms with Crippen LogP contribution in [0.4, 0.5) is 10.1 Å². The van der Waals surface area contributed by atoms with Crippen LogP contribution in [0.5, 0.6) is 0 Å². The Morgan fingerprint density at radius 2 is 1.86 bits per heavy atom. The van der Waals surface area contributed by atoms with Gasteiger partial charge < -0.3 is 5.43 Å². The molecule has 3 N–H and O–H groups in total. The Balaban J connectivity index is 2.44. The van der Waals surface area contributed by atoms with Crippen molar-refractivity contribution in [2.75, 3.05) is 5.43 Å². The van der Waals surface area contributed by atoms with Crippen LogP contribution in [0.1, 0.15) is 5.56 Å². The topological polar surface area (TPSA) is 50.9 Å². The molecule has 3 nitrogen and oxygen atoms in total. The number of pyridine rings is 1. The Bertz CT molecular complexity index is 819. The van der Waals surface area contributed by atoms with E-state index in [-0.39, 0.29) is 5.82 Å². The Morgan fingerprint density at radius 1 is 1.14 bits per heavy atom. The molecule has 0 fully saturated rings. The summed E-state index contributed by atoms with van der Waals surface area (Å²) in [7, 11) is 0. The number of hydrogen-bond acceptors (Lipinski definition) is 3. The number of hydrogen-bond donors (Lipinski definition) is 2. The third-order valence-corrected chi connectivity index (χ3v) is 4.13. The van der Waals surface area contributed by atoms with Crippen LogP contribution in [0.2, 0.25) is 0 Å². The maximum Gasteiger partial charge on any atom is 0.149 e. The molecular formula is C16H13BrFN3. The highest BCUT2D eigenvalue weighted by molar-refractivity contribution is 9.10. The fourth-order valence-corrected chi connectivity index (χ4v) is 2.97. The normalized spacial score (nSPS) is 10.9. The van der Waals surface area contributed by atoms with Crippen molar-refractivity contribution < 1.29 is 4.39 Å². The molecule has 0 aliphatic carbocycles. The molecule has 106 valence electrons. The number of nitrogens with two attached hydrogens (primary N) is 1. The summed E-state index contributed by atoms with van der Waals surface area (Å²) < 4.78 is 14.9. The van der Waals surface area contributed by atoms with Crippen molar-refractivity contribution in [3.8, 4) is 11.3 Å². The molecule has 0 radical (unpaired) electrons. The molecule has 0 atom stereocenters. The minimum Gasteiger partial charge on any atom is -0.323 e. The molecule has 0 bridgehead atoms. The Morgan fingerprint density at radius 3 is 2.52 bits per heavy atom. The third kappa shape index (κ3) is 2.28. The van der Waals surface area contributed by atoms with E-state index in [1.165, 1.54) is 6.07 Å². The highest BCUT2D eigenvalue weighted by Crippen LogP contribution is 2.37. The lowest BCUT2D eigenvalue weighted by atomic mass is 10.0. The first kappa shape index (κ1) is 14.0. The van der Waals surface area contributed by atoms with Gasteiger partial charge in [0.25, 0.3) is 0 Å². The maximum absolute atomic E-state index is 14.2. The molecule has 0 saturated heterocycles. The van der Waals surface area contributed by atoms with E-state index in [2.05, 4.69) is 26.3 Å². The summed E-state index contributed by atoms with van der Waals surface area (Å²) in [4.78, 5) is 4.51. The van der Waals surface area contributed by atoms with Crippen LogP contribution in [0.25, 0.3) is 22.2 Å². The van der Waals surface area contributed by atoms with Gasteiger partial charge in [0.05, 0.1) is 11.4 Å². The van der Waals surface area contributed by atoms with E-state index < -0.39 is 0 Å². The van der Waals surface area contributed by atoms with Crippen LogP contribution >= 0.6 is 15.9 Å². The van der Waals surface area contributed by atoms with Gasteiger partial charge in [0.15, 0.2) is 0 Å². The first-order valence-electron chi connectivity index (χ1n) is 6.44. The Kier molecular flexibility index (Phi) is 3.61. The van der Waals surface area contributed by atoms with Crippen molar-refractivity contribution in [1.29, 1.82) is 0 Å². The molecule has 21 heavy (non-hydrogen) atoms. The van der Waals surface area contributed by atoms with E-state index in [0.717, 1.165) is 15.6 Å². The number of aromatic nitrogens is 1.